The number of nitrogen functional groups attached to an aromatic ring is 1. The standard InChI is InChI=1S/C15H16ClFN2O2/c16-11-3-4-12(18)14(15(11)17)8-5-9-1-2-10(7-20)19(9)13(21)6-8/h3-4,6,9-10,20H,1-2,5,7,18H2/t9?,10-/m0/s1. The Morgan fingerprint density at radius 3 is 2.90 bits per heavy atom. The van der Waals surface area contributed by atoms with Crippen LogP contribution in [0.4, 0.5) is 10.1 Å². The maximum absolute atomic E-state index is 14.2. The minimum absolute atomic E-state index is 0.00497. The Morgan fingerprint density at radius 2 is 2.19 bits per heavy atom. The van der Waals surface area contributed by atoms with E-state index in [-0.39, 0.29) is 40.9 Å². The van der Waals surface area contributed by atoms with E-state index < -0.39 is 5.82 Å². The number of aliphatic hydroxyl groups is 1. The quantitative estimate of drug-likeness (QED) is 0.823. The van der Waals surface area contributed by atoms with Crippen molar-refractivity contribution in [2.45, 2.75) is 31.3 Å². The van der Waals surface area contributed by atoms with Gasteiger partial charge in [-0.1, -0.05) is 11.6 Å². The number of hydrogen-bond donors (Lipinski definition) is 2. The van der Waals surface area contributed by atoms with Gasteiger partial charge in [-0.2, -0.15) is 0 Å². The largest absolute Gasteiger partial charge is 0.398 e. The average molecular weight is 311 g/mol. The molecule has 1 aromatic rings. The molecule has 2 aliphatic heterocycles. The van der Waals surface area contributed by atoms with E-state index in [0.29, 0.717) is 12.0 Å². The normalized spacial score (nSPS) is 25.0. The number of benzene rings is 1. The summed E-state index contributed by atoms with van der Waals surface area (Å²) in [6, 6.07) is 2.81. The molecule has 2 atom stereocenters. The van der Waals surface area contributed by atoms with Crippen LogP contribution in [0.3, 0.4) is 0 Å². The maximum Gasteiger partial charge on any atom is 0.247 e. The molecule has 1 aromatic carbocycles. The van der Waals surface area contributed by atoms with Gasteiger partial charge in [0.15, 0.2) is 5.82 Å². The van der Waals surface area contributed by atoms with E-state index in [1.165, 1.54) is 12.1 Å². The molecular formula is C15H16ClFN2O2. The molecule has 4 nitrogen and oxygen atoms in total. The Hall–Kier alpha value is -1.59. The van der Waals surface area contributed by atoms with Crippen molar-refractivity contribution in [3.05, 3.63) is 34.6 Å². The van der Waals surface area contributed by atoms with Gasteiger partial charge < -0.3 is 15.7 Å². The highest BCUT2D eigenvalue weighted by Gasteiger charge is 2.39. The maximum atomic E-state index is 14.2. The van der Waals surface area contributed by atoms with E-state index >= 15 is 0 Å². The van der Waals surface area contributed by atoms with E-state index in [1.807, 2.05) is 0 Å². The highest BCUT2D eigenvalue weighted by atomic mass is 35.5. The summed E-state index contributed by atoms with van der Waals surface area (Å²) < 4.78 is 14.2. The number of rotatable bonds is 2. The van der Waals surface area contributed by atoms with Gasteiger partial charge in [0.25, 0.3) is 0 Å². The number of anilines is 1. The van der Waals surface area contributed by atoms with Crippen molar-refractivity contribution in [2.24, 2.45) is 0 Å². The third-order valence-electron chi connectivity index (χ3n) is 4.29. The fourth-order valence-corrected chi connectivity index (χ4v) is 3.46. The van der Waals surface area contributed by atoms with E-state index in [9.17, 15) is 14.3 Å². The predicted octanol–water partition coefficient (Wildman–Crippen LogP) is 2.20. The monoisotopic (exact) mass is 310 g/mol. The van der Waals surface area contributed by atoms with Crippen LogP contribution in [-0.2, 0) is 4.79 Å². The minimum atomic E-state index is -0.583. The predicted molar refractivity (Wildman–Crippen MR) is 79.2 cm³/mol. The molecule has 0 radical (unpaired) electrons. The second-order valence-corrected chi connectivity index (χ2v) is 5.92. The Labute approximate surface area is 127 Å². The zero-order valence-corrected chi connectivity index (χ0v) is 12.1. The molecule has 6 heteroatoms. The number of carbonyl (C=O) groups excluding carboxylic acids is 1. The second-order valence-electron chi connectivity index (χ2n) is 5.51. The molecule has 1 fully saturated rings. The van der Waals surface area contributed by atoms with Gasteiger partial charge in [-0.05, 0) is 37.0 Å². The molecule has 1 unspecified atom stereocenters. The Kier molecular flexibility index (Phi) is 3.63. The fraction of sp³-hybridized carbons (Fsp3) is 0.400. The molecule has 112 valence electrons. The topological polar surface area (TPSA) is 66.6 Å². The van der Waals surface area contributed by atoms with Gasteiger partial charge in [-0.25, -0.2) is 4.39 Å². The van der Waals surface area contributed by atoms with Crippen LogP contribution >= 0.6 is 11.6 Å². The number of hydrogen-bond acceptors (Lipinski definition) is 3. The molecule has 1 amide bonds. The van der Waals surface area contributed by atoms with Gasteiger partial charge >= 0.3 is 0 Å². The number of carbonyl (C=O) groups is 1. The summed E-state index contributed by atoms with van der Waals surface area (Å²) in [5.41, 5.74) is 6.94. The molecule has 0 aliphatic carbocycles. The van der Waals surface area contributed by atoms with Crippen molar-refractivity contribution in [3.8, 4) is 0 Å². The van der Waals surface area contributed by atoms with Crippen LogP contribution in [0.1, 0.15) is 24.8 Å². The van der Waals surface area contributed by atoms with Gasteiger partial charge in [0, 0.05) is 23.4 Å². The Bertz CT molecular complexity index is 632. The van der Waals surface area contributed by atoms with Crippen molar-refractivity contribution in [1.29, 1.82) is 0 Å². The van der Waals surface area contributed by atoms with E-state index in [0.717, 1.165) is 12.8 Å². The van der Waals surface area contributed by atoms with Crippen LogP contribution < -0.4 is 5.73 Å². The highest BCUT2D eigenvalue weighted by molar-refractivity contribution is 6.31. The third-order valence-corrected chi connectivity index (χ3v) is 4.58. The number of fused-ring (bicyclic) bond motifs is 1. The lowest BCUT2D eigenvalue weighted by Gasteiger charge is -2.33. The summed E-state index contributed by atoms with van der Waals surface area (Å²) in [4.78, 5) is 14.0. The molecule has 3 rings (SSSR count). The van der Waals surface area contributed by atoms with Crippen LogP contribution in [0.15, 0.2) is 18.2 Å². The summed E-state index contributed by atoms with van der Waals surface area (Å²) in [6.45, 7) is -0.0426. The van der Waals surface area contributed by atoms with E-state index in [2.05, 4.69) is 0 Å². The number of nitrogens with two attached hydrogens (primary N) is 1. The van der Waals surface area contributed by atoms with E-state index in [4.69, 9.17) is 17.3 Å². The number of aliphatic hydroxyl groups excluding tert-OH is 1. The highest BCUT2D eigenvalue weighted by Crippen LogP contribution is 2.39. The van der Waals surface area contributed by atoms with Gasteiger partial charge in [0.05, 0.1) is 17.7 Å². The van der Waals surface area contributed by atoms with Gasteiger partial charge in [-0.15, -0.1) is 0 Å². The zero-order valence-electron chi connectivity index (χ0n) is 11.4. The molecule has 0 saturated carbocycles. The van der Waals surface area contributed by atoms with Crippen molar-refractivity contribution in [1.82, 2.24) is 4.90 Å². The van der Waals surface area contributed by atoms with Crippen LogP contribution in [0.25, 0.3) is 5.57 Å². The summed E-state index contributed by atoms with van der Waals surface area (Å²) in [5, 5.41) is 9.31. The molecular weight excluding hydrogens is 295 g/mol. The van der Waals surface area contributed by atoms with Gasteiger partial charge in [0.2, 0.25) is 5.91 Å². The van der Waals surface area contributed by atoms with E-state index in [1.54, 1.807) is 11.0 Å². The molecule has 0 aromatic heterocycles. The first-order chi connectivity index (χ1) is 10.0. The SMILES string of the molecule is Nc1ccc(Cl)c(F)c1C1=CC(=O)N2C(CC[C@H]2CO)C1. The van der Waals surface area contributed by atoms with Crippen LogP contribution in [0.5, 0.6) is 0 Å². The summed E-state index contributed by atoms with van der Waals surface area (Å²) in [6.07, 6.45) is 3.51. The number of nitrogens with zero attached hydrogens (tertiary/aromatic N) is 1. The number of amides is 1. The first-order valence-corrected chi connectivity index (χ1v) is 7.28. The number of halogens is 2. The van der Waals surface area contributed by atoms with Crippen LogP contribution in [0, 0.1) is 5.82 Å². The average Bonchev–Trinajstić information content (AvgIpc) is 2.87. The molecule has 2 heterocycles. The summed E-state index contributed by atoms with van der Waals surface area (Å²) in [7, 11) is 0. The Balaban J connectivity index is 2.01. The van der Waals surface area contributed by atoms with Gasteiger partial charge in [-0.3, -0.25) is 4.79 Å². The van der Waals surface area contributed by atoms with Gasteiger partial charge in [0.1, 0.15) is 0 Å². The molecule has 0 bridgehead atoms. The molecule has 2 aliphatic rings. The lowest BCUT2D eigenvalue weighted by Crippen LogP contribution is -2.44. The lowest BCUT2D eigenvalue weighted by atomic mass is 9.92. The van der Waals surface area contributed by atoms with Crippen molar-refractivity contribution in [3.63, 3.8) is 0 Å². The molecule has 3 N–H and O–H groups in total. The second kappa shape index (κ2) is 5.31. The first kappa shape index (κ1) is 14.4. The molecule has 1 saturated heterocycles. The van der Waals surface area contributed by atoms with Crippen LogP contribution in [-0.4, -0.2) is 34.6 Å². The lowest BCUT2D eigenvalue weighted by molar-refractivity contribution is -0.130. The zero-order chi connectivity index (χ0) is 15.1. The summed E-state index contributed by atoms with van der Waals surface area (Å²) >= 11 is 5.81. The van der Waals surface area contributed by atoms with Crippen molar-refractivity contribution < 1.29 is 14.3 Å². The third kappa shape index (κ3) is 2.30. The summed E-state index contributed by atoms with van der Waals surface area (Å²) in [5.74, 6) is -0.780. The molecule has 21 heavy (non-hydrogen) atoms. The molecule has 0 spiro atoms. The smallest absolute Gasteiger partial charge is 0.247 e. The fourth-order valence-electron chi connectivity index (χ4n) is 3.30. The van der Waals surface area contributed by atoms with Crippen molar-refractivity contribution in [2.75, 3.05) is 12.3 Å². The van der Waals surface area contributed by atoms with Crippen LogP contribution in [0.2, 0.25) is 5.02 Å². The first-order valence-electron chi connectivity index (χ1n) is 6.90. The van der Waals surface area contributed by atoms with Crippen molar-refractivity contribution >= 4 is 28.8 Å². The Morgan fingerprint density at radius 1 is 1.43 bits per heavy atom. The minimum Gasteiger partial charge on any atom is -0.398 e.